The fourth-order valence-electron chi connectivity index (χ4n) is 2.17. The Bertz CT molecular complexity index is 561. The van der Waals surface area contributed by atoms with E-state index >= 15 is 0 Å². The Morgan fingerprint density at radius 2 is 2.22 bits per heavy atom. The standard InChI is InChI=1S/C13H18N4O/c1-9-16-10-5-3-4-6-12(10)17(9)8-7-11(15-2)13(14)18/h3-6,11,15H,7-8H2,1-2H3,(H2,14,18). The third-order valence-electron chi connectivity index (χ3n) is 3.18. The van der Waals surface area contributed by atoms with Crippen LogP contribution in [0, 0.1) is 6.92 Å². The number of nitrogens with two attached hydrogens (primary N) is 1. The predicted molar refractivity (Wildman–Crippen MR) is 71.1 cm³/mol. The minimum Gasteiger partial charge on any atom is -0.368 e. The van der Waals surface area contributed by atoms with E-state index in [1.165, 1.54) is 0 Å². The summed E-state index contributed by atoms with van der Waals surface area (Å²) in [6.45, 7) is 2.69. The topological polar surface area (TPSA) is 72.9 Å². The number of benzene rings is 1. The first-order valence-corrected chi connectivity index (χ1v) is 6.02. The average molecular weight is 246 g/mol. The summed E-state index contributed by atoms with van der Waals surface area (Å²) in [6, 6.07) is 7.68. The normalized spacial score (nSPS) is 12.8. The Labute approximate surface area is 106 Å². The number of amides is 1. The average Bonchev–Trinajstić information content (AvgIpc) is 2.66. The van der Waals surface area contributed by atoms with E-state index in [0.29, 0.717) is 6.42 Å². The number of nitrogens with zero attached hydrogens (tertiary/aromatic N) is 2. The van der Waals surface area contributed by atoms with E-state index < -0.39 is 0 Å². The van der Waals surface area contributed by atoms with E-state index in [-0.39, 0.29) is 11.9 Å². The quantitative estimate of drug-likeness (QED) is 0.820. The first-order chi connectivity index (χ1) is 8.63. The third kappa shape index (κ3) is 2.36. The molecular formula is C13H18N4O. The van der Waals surface area contributed by atoms with Gasteiger partial charge in [0.15, 0.2) is 0 Å². The molecule has 1 unspecified atom stereocenters. The van der Waals surface area contributed by atoms with Crippen LogP contribution in [-0.4, -0.2) is 28.5 Å². The van der Waals surface area contributed by atoms with Crippen LogP contribution >= 0.6 is 0 Å². The molecule has 96 valence electrons. The fraction of sp³-hybridized carbons (Fsp3) is 0.385. The molecule has 5 heteroatoms. The number of hydrogen-bond acceptors (Lipinski definition) is 3. The summed E-state index contributed by atoms with van der Waals surface area (Å²) in [4.78, 5) is 15.7. The van der Waals surface area contributed by atoms with Gasteiger partial charge in [-0.3, -0.25) is 4.79 Å². The SMILES string of the molecule is CNC(CCn1c(C)nc2ccccc21)C(N)=O. The number of fused-ring (bicyclic) bond motifs is 1. The molecule has 1 heterocycles. The summed E-state index contributed by atoms with van der Waals surface area (Å²) in [5.41, 5.74) is 7.38. The smallest absolute Gasteiger partial charge is 0.234 e. The summed E-state index contributed by atoms with van der Waals surface area (Å²) >= 11 is 0. The van der Waals surface area contributed by atoms with Gasteiger partial charge in [-0.2, -0.15) is 0 Å². The van der Waals surface area contributed by atoms with Gasteiger partial charge in [0.1, 0.15) is 5.82 Å². The zero-order valence-corrected chi connectivity index (χ0v) is 10.7. The van der Waals surface area contributed by atoms with Gasteiger partial charge in [0.25, 0.3) is 0 Å². The molecule has 3 N–H and O–H groups in total. The summed E-state index contributed by atoms with van der Waals surface area (Å²) in [5, 5.41) is 2.92. The third-order valence-corrected chi connectivity index (χ3v) is 3.18. The van der Waals surface area contributed by atoms with E-state index in [9.17, 15) is 4.79 Å². The number of primary amides is 1. The van der Waals surface area contributed by atoms with E-state index in [1.807, 2.05) is 31.2 Å². The van der Waals surface area contributed by atoms with Crippen LogP contribution in [0.2, 0.25) is 0 Å². The van der Waals surface area contributed by atoms with Crippen molar-refractivity contribution in [1.82, 2.24) is 14.9 Å². The van der Waals surface area contributed by atoms with Gasteiger partial charge in [-0.05, 0) is 32.5 Å². The van der Waals surface area contributed by atoms with Crippen molar-refractivity contribution in [3.05, 3.63) is 30.1 Å². The number of aromatic nitrogens is 2. The first kappa shape index (κ1) is 12.6. The van der Waals surface area contributed by atoms with Gasteiger partial charge in [0, 0.05) is 6.54 Å². The second-order valence-electron chi connectivity index (χ2n) is 4.33. The number of para-hydroxylation sites is 2. The molecule has 1 atom stereocenters. The van der Waals surface area contributed by atoms with Crippen LogP contribution in [0.15, 0.2) is 24.3 Å². The lowest BCUT2D eigenvalue weighted by atomic mass is 10.2. The Morgan fingerprint density at radius 1 is 1.50 bits per heavy atom. The number of carbonyl (C=O) groups is 1. The van der Waals surface area contributed by atoms with Crippen LogP contribution in [-0.2, 0) is 11.3 Å². The molecule has 0 aliphatic rings. The largest absolute Gasteiger partial charge is 0.368 e. The van der Waals surface area contributed by atoms with Gasteiger partial charge < -0.3 is 15.6 Å². The molecule has 0 saturated carbocycles. The number of rotatable bonds is 5. The zero-order chi connectivity index (χ0) is 13.1. The van der Waals surface area contributed by atoms with Crippen LogP contribution in [0.4, 0.5) is 0 Å². The van der Waals surface area contributed by atoms with Crippen molar-refractivity contribution in [2.75, 3.05) is 7.05 Å². The van der Waals surface area contributed by atoms with E-state index in [1.54, 1.807) is 7.05 Å². The molecule has 0 radical (unpaired) electrons. The van der Waals surface area contributed by atoms with Gasteiger partial charge in [-0.1, -0.05) is 12.1 Å². The zero-order valence-electron chi connectivity index (χ0n) is 10.7. The molecule has 2 aromatic rings. The van der Waals surface area contributed by atoms with Gasteiger partial charge in [0.2, 0.25) is 5.91 Å². The monoisotopic (exact) mass is 246 g/mol. The van der Waals surface area contributed by atoms with Crippen molar-refractivity contribution in [2.45, 2.75) is 25.9 Å². The van der Waals surface area contributed by atoms with E-state index in [4.69, 9.17) is 5.73 Å². The molecular weight excluding hydrogens is 228 g/mol. The highest BCUT2D eigenvalue weighted by molar-refractivity contribution is 5.80. The molecule has 0 fully saturated rings. The van der Waals surface area contributed by atoms with E-state index in [0.717, 1.165) is 23.4 Å². The molecule has 0 spiro atoms. The molecule has 0 saturated heterocycles. The van der Waals surface area contributed by atoms with E-state index in [2.05, 4.69) is 14.9 Å². The first-order valence-electron chi connectivity index (χ1n) is 6.02. The van der Waals surface area contributed by atoms with Crippen LogP contribution in [0.1, 0.15) is 12.2 Å². The van der Waals surface area contributed by atoms with Gasteiger partial charge in [-0.25, -0.2) is 4.98 Å². The van der Waals surface area contributed by atoms with Crippen molar-refractivity contribution >= 4 is 16.9 Å². The molecule has 1 aromatic heterocycles. The van der Waals surface area contributed by atoms with Crippen molar-refractivity contribution in [2.24, 2.45) is 5.73 Å². The number of likely N-dealkylation sites (N-methyl/N-ethyl adjacent to an activating group) is 1. The summed E-state index contributed by atoms with van der Waals surface area (Å²) < 4.78 is 2.11. The molecule has 0 bridgehead atoms. The second kappa shape index (κ2) is 5.18. The summed E-state index contributed by atoms with van der Waals surface area (Å²) in [5.74, 6) is 0.634. The Hall–Kier alpha value is -1.88. The minimum atomic E-state index is -0.320. The van der Waals surface area contributed by atoms with Crippen molar-refractivity contribution < 1.29 is 4.79 Å². The molecule has 1 amide bonds. The number of nitrogens with one attached hydrogen (secondary N) is 1. The molecule has 18 heavy (non-hydrogen) atoms. The van der Waals surface area contributed by atoms with Crippen LogP contribution in [0.5, 0.6) is 0 Å². The second-order valence-corrected chi connectivity index (χ2v) is 4.33. The number of imidazole rings is 1. The summed E-state index contributed by atoms with van der Waals surface area (Å²) in [6.07, 6.45) is 0.660. The van der Waals surface area contributed by atoms with Gasteiger partial charge in [0.05, 0.1) is 17.1 Å². The Kier molecular flexibility index (Phi) is 3.62. The molecule has 0 aliphatic heterocycles. The summed E-state index contributed by atoms with van der Waals surface area (Å²) in [7, 11) is 1.74. The number of carbonyl (C=O) groups excluding carboxylic acids is 1. The highest BCUT2D eigenvalue weighted by Gasteiger charge is 2.14. The Morgan fingerprint density at radius 3 is 2.89 bits per heavy atom. The van der Waals surface area contributed by atoms with Gasteiger partial charge in [-0.15, -0.1) is 0 Å². The van der Waals surface area contributed by atoms with Crippen molar-refractivity contribution in [3.8, 4) is 0 Å². The Balaban J connectivity index is 2.21. The van der Waals surface area contributed by atoms with Crippen molar-refractivity contribution in [1.29, 1.82) is 0 Å². The van der Waals surface area contributed by atoms with Crippen LogP contribution in [0.25, 0.3) is 11.0 Å². The van der Waals surface area contributed by atoms with Crippen molar-refractivity contribution in [3.63, 3.8) is 0 Å². The highest BCUT2D eigenvalue weighted by atomic mass is 16.1. The van der Waals surface area contributed by atoms with Gasteiger partial charge >= 0.3 is 0 Å². The predicted octanol–water partition coefficient (Wildman–Crippen LogP) is 0.808. The fourth-order valence-corrected chi connectivity index (χ4v) is 2.17. The van der Waals surface area contributed by atoms with Crippen LogP contribution in [0.3, 0.4) is 0 Å². The number of hydrogen-bond donors (Lipinski definition) is 2. The molecule has 0 aliphatic carbocycles. The molecule has 5 nitrogen and oxygen atoms in total. The maximum atomic E-state index is 11.2. The lowest BCUT2D eigenvalue weighted by Crippen LogP contribution is -2.39. The molecule has 2 rings (SSSR count). The number of aryl methyl sites for hydroxylation is 2. The maximum absolute atomic E-state index is 11.2. The lowest BCUT2D eigenvalue weighted by Gasteiger charge is -2.13. The lowest BCUT2D eigenvalue weighted by molar-refractivity contribution is -0.120. The van der Waals surface area contributed by atoms with Crippen LogP contribution < -0.4 is 11.1 Å². The minimum absolute atomic E-state index is 0.300. The molecule has 1 aromatic carbocycles. The highest BCUT2D eigenvalue weighted by Crippen LogP contribution is 2.16. The maximum Gasteiger partial charge on any atom is 0.234 e.